The van der Waals surface area contributed by atoms with Crippen molar-refractivity contribution in [3.8, 4) is 0 Å². The summed E-state index contributed by atoms with van der Waals surface area (Å²) in [7, 11) is 0. The molecule has 2 N–H and O–H groups in total. The van der Waals surface area contributed by atoms with Crippen molar-refractivity contribution in [2.45, 2.75) is 13.3 Å². The number of nitrogens with zero attached hydrogens (tertiary/aromatic N) is 1. The Morgan fingerprint density at radius 3 is 2.78 bits per heavy atom. The van der Waals surface area contributed by atoms with E-state index in [9.17, 15) is 4.79 Å². The average molecular weight is 309 g/mol. The fourth-order valence-electron chi connectivity index (χ4n) is 3.01. The Kier molecular flexibility index (Phi) is 4.81. The molecule has 1 aliphatic rings. The van der Waals surface area contributed by atoms with Crippen molar-refractivity contribution < 1.29 is 4.79 Å². The number of anilines is 2. The smallest absolute Gasteiger partial charge is 0.319 e. The number of carbonyl (C=O) groups excluding carboxylic acids is 1. The molecule has 1 atom stereocenters. The molecule has 0 saturated carbocycles. The third-order valence-electron chi connectivity index (χ3n) is 4.23. The Morgan fingerprint density at radius 2 is 2.00 bits per heavy atom. The third kappa shape index (κ3) is 4.25. The van der Waals surface area contributed by atoms with Crippen LogP contribution >= 0.6 is 0 Å². The zero-order valence-corrected chi connectivity index (χ0v) is 13.5. The van der Waals surface area contributed by atoms with Gasteiger partial charge in [-0.05, 0) is 49.1 Å². The molecule has 23 heavy (non-hydrogen) atoms. The number of aryl methyl sites for hydroxylation is 1. The summed E-state index contributed by atoms with van der Waals surface area (Å²) in [4.78, 5) is 14.4. The van der Waals surface area contributed by atoms with Gasteiger partial charge in [0, 0.05) is 31.0 Å². The third-order valence-corrected chi connectivity index (χ3v) is 4.23. The minimum Gasteiger partial charge on any atom is -0.371 e. The highest BCUT2D eigenvalue weighted by molar-refractivity contribution is 5.89. The molecule has 120 valence electrons. The Morgan fingerprint density at radius 1 is 1.17 bits per heavy atom. The lowest BCUT2D eigenvalue weighted by Crippen LogP contribution is -2.34. The molecule has 2 aromatic carbocycles. The van der Waals surface area contributed by atoms with Gasteiger partial charge < -0.3 is 15.5 Å². The Bertz CT molecular complexity index is 657. The van der Waals surface area contributed by atoms with Gasteiger partial charge in [-0.15, -0.1) is 0 Å². The second-order valence-corrected chi connectivity index (χ2v) is 6.14. The van der Waals surface area contributed by atoms with Crippen LogP contribution in [0.1, 0.15) is 12.0 Å². The van der Waals surface area contributed by atoms with E-state index < -0.39 is 0 Å². The average Bonchev–Trinajstić information content (AvgIpc) is 3.03. The molecular formula is C19H23N3O. The van der Waals surface area contributed by atoms with E-state index in [2.05, 4.69) is 39.8 Å². The lowest BCUT2D eigenvalue weighted by Gasteiger charge is -2.18. The maximum Gasteiger partial charge on any atom is 0.319 e. The van der Waals surface area contributed by atoms with Gasteiger partial charge in [-0.2, -0.15) is 0 Å². The highest BCUT2D eigenvalue weighted by atomic mass is 16.2. The molecular weight excluding hydrogens is 286 g/mol. The van der Waals surface area contributed by atoms with Crippen LogP contribution in [0.15, 0.2) is 54.6 Å². The molecule has 0 aromatic heterocycles. The van der Waals surface area contributed by atoms with Gasteiger partial charge in [0.05, 0.1) is 0 Å². The van der Waals surface area contributed by atoms with Gasteiger partial charge in [-0.1, -0.05) is 30.3 Å². The molecule has 4 nitrogen and oxygen atoms in total. The lowest BCUT2D eigenvalue weighted by molar-refractivity contribution is 0.250. The summed E-state index contributed by atoms with van der Waals surface area (Å²) in [6, 6.07) is 18.1. The maximum atomic E-state index is 12.0. The normalized spacial score (nSPS) is 17.1. The van der Waals surface area contributed by atoms with E-state index in [0.717, 1.165) is 30.8 Å². The van der Waals surface area contributed by atoms with Gasteiger partial charge in [-0.25, -0.2) is 4.79 Å². The Hall–Kier alpha value is -2.49. The summed E-state index contributed by atoms with van der Waals surface area (Å²) in [6.07, 6.45) is 1.11. The quantitative estimate of drug-likeness (QED) is 0.905. The minimum atomic E-state index is -0.131. The van der Waals surface area contributed by atoms with Crippen molar-refractivity contribution in [1.82, 2.24) is 5.32 Å². The van der Waals surface area contributed by atoms with Crippen molar-refractivity contribution in [3.63, 3.8) is 0 Å². The molecule has 0 spiro atoms. The van der Waals surface area contributed by atoms with E-state index in [4.69, 9.17) is 0 Å². The first-order chi connectivity index (χ1) is 11.2. The lowest BCUT2D eigenvalue weighted by atomic mass is 10.1. The number of carbonyl (C=O) groups is 1. The predicted molar refractivity (Wildman–Crippen MR) is 95.0 cm³/mol. The number of rotatable bonds is 4. The second-order valence-electron chi connectivity index (χ2n) is 6.14. The molecule has 1 heterocycles. The summed E-state index contributed by atoms with van der Waals surface area (Å²) in [5, 5.41) is 5.87. The molecule has 2 amide bonds. The molecule has 0 bridgehead atoms. The van der Waals surface area contributed by atoms with Gasteiger partial charge in [0.1, 0.15) is 0 Å². The molecule has 0 aliphatic carbocycles. The van der Waals surface area contributed by atoms with E-state index in [1.807, 2.05) is 37.3 Å². The minimum absolute atomic E-state index is 0.131. The number of nitrogens with one attached hydrogen (secondary N) is 2. The highest BCUT2D eigenvalue weighted by Gasteiger charge is 2.22. The van der Waals surface area contributed by atoms with Crippen molar-refractivity contribution in [2.75, 3.05) is 29.9 Å². The molecule has 0 radical (unpaired) electrons. The predicted octanol–water partition coefficient (Wildman–Crippen LogP) is 3.64. The van der Waals surface area contributed by atoms with E-state index in [0.29, 0.717) is 12.5 Å². The molecule has 1 aliphatic heterocycles. The zero-order chi connectivity index (χ0) is 16.1. The number of urea groups is 1. The van der Waals surface area contributed by atoms with E-state index in [1.54, 1.807) is 0 Å². The molecule has 3 rings (SSSR count). The second kappa shape index (κ2) is 7.18. The zero-order valence-electron chi connectivity index (χ0n) is 13.5. The fraction of sp³-hybridized carbons (Fsp3) is 0.316. The van der Waals surface area contributed by atoms with Crippen LogP contribution in [0.3, 0.4) is 0 Å². The van der Waals surface area contributed by atoms with Crippen molar-refractivity contribution >= 4 is 17.4 Å². The first kappa shape index (κ1) is 15.4. The highest BCUT2D eigenvalue weighted by Crippen LogP contribution is 2.22. The molecule has 4 heteroatoms. The van der Waals surface area contributed by atoms with Crippen LogP contribution < -0.4 is 15.5 Å². The van der Waals surface area contributed by atoms with Crippen LogP contribution in [-0.4, -0.2) is 25.7 Å². The van der Waals surface area contributed by atoms with Crippen LogP contribution in [0.5, 0.6) is 0 Å². The summed E-state index contributed by atoms with van der Waals surface area (Å²) in [5.74, 6) is 0.499. The topological polar surface area (TPSA) is 44.4 Å². The molecule has 2 aromatic rings. The van der Waals surface area contributed by atoms with Crippen LogP contribution in [0.2, 0.25) is 0 Å². The van der Waals surface area contributed by atoms with Crippen LogP contribution in [-0.2, 0) is 0 Å². The van der Waals surface area contributed by atoms with Gasteiger partial charge in [0.2, 0.25) is 0 Å². The summed E-state index contributed by atoms with van der Waals surface area (Å²) in [5.41, 5.74) is 3.23. The standard InChI is InChI=1S/C19H23N3O/c1-15-6-5-7-17(12-15)21-19(23)20-13-16-10-11-22(14-16)18-8-3-2-4-9-18/h2-9,12,16H,10-11,13-14H2,1H3,(H2,20,21,23)/t16-/m1/s1. The summed E-state index contributed by atoms with van der Waals surface area (Å²) < 4.78 is 0. The van der Waals surface area contributed by atoms with E-state index in [-0.39, 0.29) is 6.03 Å². The van der Waals surface area contributed by atoms with Crippen LogP contribution in [0.25, 0.3) is 0 Å². The van der Waals surface area contributed by atoms with E-state index >= 15 is 0 Å². The van der Waals surface area contributed by atoms with Crippen molar-refractivity contribution in [3.05, 3.63) is 60.2 Å². The summed E-state index contributed by atoms with van der Waals surface area (Å²) >= 11 is 0. The first-order valence-electron chi connectivity index (χ1n) is 8.12. The van der Waals surface area contributed by atoms with Crippen LogP contribution in [0.4, 0.5) is 16.2 Å². The number of para-hydroxylation sites is 1. The van der Waals surface area contributed by atoms with Gasteiger partial charge in [-0.3, -0.25) is 0 Å². The number of benzene rings is 2. The largest absolute Gasteiger partial charge is 0.371 e. The Balaban J connectivity index is 1.45. The number of hydrogen-bond donors (Lipinski definition) is 2. The monoisotopic (exact) mass is 309 g/mol. The van der Waals surface area contributed by atoms with Crippen LogP contribution in [0, 0.1) is 12.8 Å². The number of hydrogen-bond acceptors (Lipinski definition) is 2. The van der Waals surface area contributed by atoms with Crippen molar-refractivity contribution in [2.24, 2.45) is 5.92 Å². The molecule has 1 fully saturated rings. The first-order valence-corrected chi connectivity index (χ1v) is 8.12. The SMILES string of the molecule is Cc1cccc(NC(=O)NC[C@H]2CCN(c3ccccc3)C2)c1. The fourth-order valence-corrected chi connectivity index (χ4v) is 3.01. The summed E-state index contributed by atoms with van der Waals surface area (Å²) in [6.45, 7) is 4.77. The number of amides is 2. The van der Waals surface area contributed by atoms with Gasteiger partial charge >= 0.3 is 6.03 Å². The van der Waals surface area contributed by atoms with Crippen molar-refractivity contribution in [1.29, 1.82) is 0 Å². The van der Waals surface area contributed by atoms with Gasteiger partial charge in [0.15, 0.2) is 0 Å². The maximum absolute atomic E-state index is 12.0. The Labute approximate surface area is 137 Å². The molecule has 1 saturated heterocycles. The molecule has 0 unspecified atom stereocenters. The van der Waals surface area contributed by atoms with E-state index in [1.165, 1.54) is 5.69 Å². The van der Waals surface area contributed by atoms with Gasteiger partial charge in [0.25, 0.3) is 0 Å².